The summed E-state index contributed by atoms with van der Waals surface area (Å²) in [5.74, 6) is -1.48. The third kappa shape index (κ3) is 3.41. The van der Waals surface area contributed by atoms with Crippen molar-refractivity contribution in [3.8, 4) is 10.8 Å². The van der Waals surface area contributed by atoms with Gasteiger partial charge in [-0.1, -0.05) is 11.3 Å². The lowest BCUT2D eigenvalue weighted by atomic mass is 10.2. The first-order chi connectivity index (χ1) is 12.9. The number of carbonyl (C=O) groups excluding carboxylic acids is 1. The Morgan fingerprint density at radius 1 is 1.11 bits per heavy atom. The highest BCUT2D eigenvalue weighted by molar-refractivity contribution is 7.15. The van der Waals surface area contributed by atoms with E-state index in [9.17, 15) is 31.1 Å². The molecule has 0 unspecified atom stereocenters. The molecule has 150 valence electrons. The first-order valence-corrected chi connectivity index (χ1v) is 8.40. The lowest BCUT2D eigenvalue weighted by molar-refractivity contribution is -0.359. The number of hydrogen-bond acceptors (Lipinski definition) is 4. The number of aromatic nitrogens is 1. The van der Waals surface area contributed by atoms with Crippen LogP contribution in [0.4, 0.5) is 26.3 Å². The van der Waals surface area contributed by atoms with Crippen LogP contribution in [-0.2, 0) is 0 Å². The number of methoxy groups -OCH3 is 1. The predicted molar refractivity (Wildman–Crippen MR) is 88.9 cm³/mol. The molecule has 0 aliphatic heterocycles. The highest BCUT2D eigenvalue weighted by Crippen LogP contribution is 2.39. The van der Waals surface area contributed by atoms with Crippen molar-refractivity contribution in [1.29, 1.82) is 0 Å². The van der Waals surface area contributed by atoms with Crippen molar-refractivity contribution in [2.45, 2.75) is 19.2 Å². The molecule has 4 nitrogen and oxygen atoms in total. The molecule has 2 heterocycles. The number of fused-ring (bicyclic) bond motifs is 1. The van der Waals surface area contributed by atoms with Gasteiger partial charge in [-0.25, -0.2) is 4.39 Å². The van der Waals surface area contributed by atoms with E-state index in [0.717, 1.165) is 22.8 Å². The summed E-state index contributed by atoms with van der Waals surface area (Å²) in [6.45, 7) is 1.56. The van der Waals surface area contributed by atoms with Gasteiger partial charge in [0.15, 0.2) is 16.6 Å². The summed E-state index contributed by atoms with van der Waals surface area (Å²) >= 11 is 0.320. The van der Waals surface area contributed by atoms with Gasteiger partial charge in [-0.3, -0.25) is 9.36 Å². The maximum atomic E-state index is 14.0. The van der Waals surface area contributed by atoms with Gasteiger partial charge >= 0.3 is 12.3 Å². The number of carbonyl (C=O) groups is 1. The van der Waals surface area contributed by atoms with Gasteiger partial charge in [-0.15, -0.1) is 0 Å². The standard InChI is InChI=1S/C17H11F6NO3S/c1-8-5-9-6-12(26-2)10(18)7-11(9)24(8)15(25)13-3-4-14(28-13)27-17(22,23)16(19,20)21/h3-7H,1-2H3. The van der Waals surface area contributed by atoms with Gasteiger partial charge in [0, 0.05) is 17.1 Å². The third-order valence-corrected chi connectivity index (χ3v) is 4.76. The molecule has 3 rings (SSSR count). The van der Waals surface area contributed by atoms with Crippen LogP contribution in [0.25, 0.3) is 10.9 Å². The maximum Gasteiger partial charge on any atom is 0.499 e. The van der Waals surface area contributed by atoms with Crippen LogP contribution in [0, 0.1) is 12.7 Å². The second-order valence-electron chi connectivity index (χ2n) is 5.71. The summed E-state index contributed by atoms with van der Waals surface area (Å²) in [5.41, 5.74) is 0.599. The Hall–Kier alpha value is -2.69. The van der Waals surface area contributed by atoms with Crippen LogP contribution in [0.1, 0.15) is 15.4 Å². The first kappa shape index (κ1) is 20.1. The topological polar surface area (TPSA) is 40.5 Å². The maximum absolute atomic E-state index is 14.0. The highest BCUT2D eigenvalue weighted by Gasteiger charge is 2.61. The molecule has 11 heteroatoms. The monoisotopic (exact) mass is 423 g/mol. The Labute approximate surface area is 157 Å². The molecule has 0 atom stereocenters. The molecule has 1 aromatic carbocycles. The number of thiophene rings is 1. The second kappa shape index (κ2) is 6.73. The summed E-state index contributed by atoms with van der Waals surface area (Å²) in [6, 6.07) is 5.93. The van der Waals surface area contributed by atoms with Crippen LogP contribution < -0.4 is 9.47 Å². The first-order valence-electron chi connectivity index (χ1n) is 7.58. The van der Waals surface area contributed by atoms with E-state index in [0.29, 0.717) is 22.4 Å². The van der Waals surface area contributed by atoms with Gasteiger partial charge in [0.2, 0.25) is 0 Å². The van der Waals surface area contributed by atoms with Crippen LogP contribution in [-0.4, -0.2) is 29.9 Å². The largest absolute Gasteiger partial charge is 0.499 e. The number of ether oxygens (including phenoxy) is 2. The Kier molecular flexibility index (Phi) is 4.82. The van der Waals surface area contributed by atoms with Gasteiger partial charge < -0.3 is 9.47 Å². The normalized spacial score (nSPS) is 12.4. The molecule has 0 amide bonds. The molecule has 0 aliphatic rings. The van der Waals surface area contributed by atoms with E-state index in [1.807, 2.05) is 0 Å². The average molecular weight is 423 g/mol. The van der Waals surface area contributed by atoms with Gasteiger partial charge in [0.1, 0.15) is 0 Å². The van der Waals surface area contributed by atoms with Gasteiger partial charge in [-0.2, -0.15) is 22.0 Å². The molecule has 0 aliphatic carbocycles. The molecule has 0 fully saturated rings. The summed E-state index contributed by atoms with van der Waals surface area (Å²) in [6.07, 6.45) is -11.3. The summed E-state index contributed by atoms with van der Waals surface area (Å²) in [4.78, 5) is 12.6. The number of aryl methyl sites for hydroxylation is 1. The summed E-state index contributed by atoms with van der Waals surface area (Å²) in [5, 5.41) is -0.298. The summed E-state index contributed by atoms with van der Waals surface area (Å²) < 4.78 is 86.5. The SMILES string of the molecule is COc1cc2cc(C)n(C(=O)c3ccc(OC(F)(F)C(F)(F)F)s3)c2cc1F. The lowest BCUT2D eigenvalue weighted by Crippen LogP contribution is -2.41. The zero-order valence-electron chi connectivity index (χ0n) is 14.2. The average Bonchev–Trinajstić information content (AvgIpc) is 3.15. The van der Waals surface area contributed by atoms with Crippen molar-refractivity contribution in [3.63, 3.8) is 0 Å². The smallest absolute Gasteiger partial charge is 0.494 e. The minimum Gasteiger partial charge on any atom is -0.494 e. The van der Waals surface area contributed by atoms with Crippen molar-refractivity contribution in [3.05, 3.63) is 46.7 Å². The van der Waals surface area contributed by atoms with Crippen LogP contribution >= 0.6 is 11.3 Å². The zero-order chi connectivity index (χ0) is 20.9. The van der Waals surface area contributed by atoms with Crippen molar-refractivity contribution < 1.29 is 40.6 Å². The lowest BCUT2D eigenvalue weighted by Gasteiger charge is -2.18. The van der Waals surface area contributed by atoms with Crippen molar-refractivity contribution in [2.24, 2.45) is 0 Å². The molecule has 0 saturated heterocycles. The molecule has 3 aromatic rings. The molecule has 0 saturated carbocycles. The molecule has 0 bridgehead atoms. The Morgan fingerprint density at radius 2 is 1.79 bits per heavy atom. The van der Waals surface area contributed by atoms with E-state index in [2.05, 4.69) is 4.74 Å². The van der Waals surface area contributed by atoms with Gasteiger partial charge in [0.25, 0.3) is 5.91 Å². The van der Waals surface area contributed by atoms with E-state index < -0.39 is 29.1 Å². The predicted octanol–water partition coefficient (Wildman–Crippen LogP) is 5.38. The molecule has 2 aromatic heterocycles. The fourth-order valence-corrected chi connectivity index (χ4v) is 3.37. The van der Waals surface area contributed by atoms with Crippen LogP contribution in [0.2, 0.25) is 0 Å². The molecule has 0 radical (unpaired) electrons. The Balaban J connectivity index is 1.97. The highest BCUT2D eigenvalue weighted by atomic mass is 32.1. The van der Waals surface area contributed by atoms with Crippen molar-refractivity contribution in [2.75, 3.05) is 7.11 Å². The zero-order valence-corrected chi connectivity index (χ0v) is 15.1. The minimum absolute atomic E-state index is 0.0294. The number of alkyl halides is 5. The van der Waals surface area contributed by atoms with E-state index in [4.69, 9.17) is 4.74 Å². The Bertz CT molecular complexity index is 1050. The Morgan fingerprint density at radius 3 is 2.39 bits per heavy atom. The quantitative estimate of drug-likeness (QED) is 0.529. The third-order valence-electron chi connectivity index (χ3n) is 3.81. The van der Waals surface area contributed by atoms with Crippen LogP contribution in [0.5, 0.6) is 10.8 Å². The number of benzene rings is 1. The second-order valence-corrected chi connectivity index (χ2v) is 6.75. The van der Waals surface area contributed by atoms with E-state index in [1.54, 1.807) is 13.0 Å². The number of rotatable bonds is 4. The van der Waals surface area contributed by atoms with Crippen molar-refractivity contribution >= 4 is 28.1 Å². The van der Waals surface area contributed by atoms with Gasteiger partial charge in [-0.05, 0) is 31.2 Å². The van der Waals surface area contributed by atoms with E-state index >= 15 is 0 Å². The molecule has 0 N–H and O–H groups in total. The van der Waals surface area contributed by atoms with Crippen LogP contribution in [0.3, 0.4) is 0 Å². The molecule has 28 heavy (non-hydrogen) atoms. The van der Waals surface area contributed by atoms with Crippen molar-refractivity contribution in [1.82, 2.24) is 4.57 Å². The van der Waals surface area contributed by atoms with Crippen LogP contribution in [0.15, 0.2) is 30.3 Å². The number of halogens is 6. The number of hydrogen-bond donors (Lipinski definition) is 0. The summed E-state index contributed by atoms with van der Waals surface area (Å²) in [7, 11) is 1.28. The molecular formula is C17H11F6NO3S. The van der Waals surface area contributed by atoms with E-state index in [1.165, 1.54) is 13.2 Å². The van der Waals surface area contributed by atoms with Gasteiger partial charge in [0.05, 0.1) is 17.5 Å². The van der Waals surface area contributed by atoms with E-state index in [-0.39, 0.29) is 16.1 Å². The minimum atomic E-state index is -5.90. The fourth-order valence-electron chi connectivity index (χ4n) is 2.56. The molecule has 0 spiro atoms. The fraction of sp³-hybridized carbons (Fsp3) is 0.235. The number of nitrogens with zero attached hydrogens (tertiary/aromatic N) is 1. The molecular weight excluding hydrogens is 412 g/mol.